The molecular formula is C24H29F3O3. The van der Waals surface area contributed by atoms with Crippen LogP contribution >= 0.6 is 0 Å². The van der Waals surface area contributed by atoms with E-state index in [-0.39, 0.29) is 23.7 Å². The molecule has 0 bridgehead atoms. The van der Waals surface area contributed by atoms with Gasteiger partial charge < -0.3 is 14.2 Å². The highest BCUT2D eigenvalue weighted by atomic mass is 19.2. The Bertz CT molecular complexity index is 852. The molecule has 6 heteroatoms. The predicted octanol–water partition coefficient (Wildman–Crippen LogP) is 6.33. The van der Waals surface area contributed by atoms with Crippen LogP contribution in [0.15, 0.2) is 42.1 Å². The molecule has 1 fully saturated rings. The Balaban J connectivity index is 1.73. The summed E-state index contributed by atoms with van der Waals surface area (Å²) >= 11 is 0. The summed E-state index contributed by atoms with van der Waals surface area (Å²) in [6, 6.07) is 1.60. The standard InChI is InChI=1S/C24H29F3O3/c1-5-6-19-10-8-16(13-29-19)7-9-17-12-18-11-14(2)23(20(25)15(3)28-4)30-24(18)22(27)21(17)26/h12,16,19H,2-3,5-11,13H2,1,4H3/b23-20-. The molecule has 0 radical (unpaired) electrons. The van der Waals surface area contributed by atoms with Gasteiger partial charge in [-0.05, 0) is 55.2 Å². The molecule has 1 aromatic rings. The molecule has 2 aliphatic rings. The summed E-state index contributed by atoms with van der Waals surface area (Å²) in [7, 11) is 1.26. The third-order valence-electron chi connectivity index (χ3n) is 5.83. The summed E-state index contributed by atoms with van der Waals surface area (Å²) in [6.45, 7) is 10.0. The molecule has 0 aliphatic carbocycles. The molecule has 3 rings (SSSR count). The maximum absolute atomic E-state index is 14.7. The first-order chi connectivity index (χ1) is 14.3. The second kappa shape index (κ2) is 9.73. The summed E-state index contributed by atoms with van der Waals surface area (Å²) in [6.07, 6.45) is 5.83. The topological polar surface area (TPSA) is 27.7 Å². The number of rotatable bonds is 7. The fraction of sp³-hybridized carbons (Fsp3) is 0.500. The van der Waals surface area contributed by atoms with Gasteiger partial charge in [0.1, 0.15) is 0 Å². The summed E-state index contributed by atoms with van der Waals surface area (Å²) in [4.78, 5) is 0. The maximum atomic E-state index is 14.7. The Morgan fingerprint density at radius 1 is 1.23 bits per heavy atom. The Labute approximate surface area is 176 Å². The number of aryl methyl sites for hydroxylation is 1. The zero-order chi connectivity index (χ0) is 21.8. The number of halogens is 3. The van der Waals surface area contributed by atoms with Crippen LogP contribution in [0, 0.1) is 17.6 Å². The average molecular weight is 422 g/mol. The minimum Gasteiger partial charge on any atom is -0.494 e. The van der Waals surface area contributed by atoms with E-state index < -0.39 is 17.5 Å². The third-order valence-corrected chi connectivity index (χ3v) is 5.83. The summed E-state index contributed by atoms with van der Waals surface area (Å²) in [5.74, 6) is -3.44. The van der Waals surface area contributed by atoms with E-state index in [2.05, 4.69) is 20.1 Å². The second-order valence-electron chi connectivity index (χ2n) is 8.03. The zero-order valence-electron chi connectivity index (χ0n) is 17.7. The van der Waals surface area contributed by atoms with Crippen molar-refractivity contribution in [1.29, 1.82) is 0 Å². The number of benzene rings is 1. The number of hydrogen-bond acceptors (Lipinski definition) is 3. The Morgan fingerprint density at radius 3 is 2.63 bits per heavy atom. The number of hydrogen-bond donors (Lipinski definition) is 0. The number of fused-ring (bicyclic) bond motifs is 1. The van der Waals surface area contributed by atoms with Gasteiger partial charge in [0.05, 0.1) is 13.2 Å². The predicted molar refractivity (Wildman–Crippen MR) is 110 cm³/mol. The van der Waals surface area contributed by atoms with E-state index in [1.165, 1.54) is 7.11 Å². The lowest BCUT2D eigenvalue weighted by atomic mass is 9.90. The van der Waals surface area contributed by atoms with Gasteiger partial charge >= 0.3 is 0 Å². The highest BCUT2D eigenvalue weighted by molar-refractivity contribution is 5.51. The van der Waals surface area contributed by atoms with Crippen LogP contribution in [0.4, 0.5) is 13.2 Å². The average Bonchev–Trinajstić information content (AvgIpc) is 2.75. The van der Waals surface area contributed by atoms with Gasteiger partial charge in [0, 0.05) is 18.6 Å². The molecule has 0 aromatic heterocycles. The molecule has 2 heterocycles. The van der Waals surface area contributed by atoms with E-state index in [1.807, 2.05) is 0 Å². The Morgan fingerprint density at radius 2 is 2.00 bits per heavy atom. The SMILES string of the molecule is C=C(OC)/C(F)=C1/Oc2c(cc(CCC3CCC(CCC)OC3)c(F)c2F)CC1=C. The van der Waals surface area contributed by atoms with Gasteiger partial charge in [-0.1, -0.05) is 26.5 Å². The first-order valence-electron chi connectivity index (χ1n) is 10.5. The van der Waals surface area contributed by atoms with Crippen LogP contribution in [0.2, 0.25) is 0 Å². The van der Waals surface area contributed by atoms with Crippen molar-refractivity contribution in [2.75, 3.05) is 13.7 Å². The van der Waals surface area contributed by atoms with Gasteiger partial charge in [-0.2, -0.15) is 8.78 Å². The minimum absolute atomic E-state index is 0.157. The van der Waals surface area contributed by atoms with Crippen LogP contribution in [0.3, 0.4) is 0 Å². The monoisotopic (exact) mass is 422 g/mol. The van der Waals surface area contributed by atoms with Crippen molar-refractivity contribution in [3.8, 4) is 5.75 Å². The molecule has 1 saturated heterocycles. The molecule has 30 heavy (non-hydrogen) atoms. The van der Waals surface area contributed by atoms with Gasteiger partial charge in [-0.25, -0.2) is 4.39 Å². The van der Waals surface area contributed by atoms with Crippen molar-refractivity contribution in [1.82, 2.24) is 0 Å². The van der Waals surface area contributed by atoms with Crippen molar-refractivity contribution >= 4 is 0 Å². The van der Waals surface area contributed by atoms with Gasteiger partial charge in [0.15, 0.2) is 23.1 Å². The van der Waals surface area contributed by atoms with Crippen molar-refractivity contribution in [2.24, 2.45) is 5.92 Å². The van der Waals surface area contributed by atoms with Crippen molar-refractivity contribution in [2.45, 2.75) is 58.0 Å². The molecule has 2 atom stereocenters. The van der Waals surface area contributed by atoms with E-state index in [0.717, 1.165) is 32.1 Å². The van der Waals surface area contributed by atoms with Gasteiger partial charge in [-0.3, -0.25) is 0 Å². The molecule has 0 N–H and O–H groups in total. The van der Waals surface area contributed by atoms with Gasteiger partial charge in [-0.15, -0.1) is 0 Å². The molecular weight excluding hydrogens is 393 g/mol. The molecule has 0 amide bonds. The lowest BCUT2D eigenvalue weighted by molar-refractivity contribution is -0.0218. The largest absolute Gasteiger partial charge is 0.494 e. The highest BCUT2D eigenvalue weighted by Gasteiger charge is 2.29. The fourth-order valence-electron chi connectivity index (χ4n) is 4.04. The van der Waals surface area contributed by atoms with E-state index >= 15 is 0 Å². The van der Waals surface area contributed by atoms with Gasteiger partial charge in [0.25, 0.3) is 0 Å². The lowest BCUT2D eigenvalue weighted by Crippen LogP contribution is -2.26. The van der Waals surface area contributed by atoms with Crippen molar-refractivity contribution in [3.05, 3.63) is 64.9 Å². The van der Waals surface area contributed by atoms with Crippen LogP contribution < -0.4 is 4.74 Å². The first-order valence-corrected chi connectivity index (χ1v) is 10.5. The fourth-order valence-corrected chi connectivity index (χ4v) is 4.04. The van der Waals surface area contributed by atoms with Crippen LogP contribution in [0.5, 0.6) is 5.75 Å². The highest BCUT2D eigenvalue weighted by Crippen LogP contribution is 2.39. The molecule has 164 valence electrons. The zero-order valence-corrected chi connectivity index (χ0v) is 17.7. The van der Waals surface area contributed by atoms with Crippen LogP contribution in [0.1, 0.15) is 50.2 Å². The van der Waals surface area contributed by atoms with Crippen LogP contribution in [0.25, 0.3) is 0 Å². The molecule has 2 aliphatic heterocycles. The summed E-state index contributed by atoms with van der Waals surface area (Å²) in [5.41, 5.74) is 1.07. The molecule has 0 spiro atoms. The van der Waals surface area contributed by atoms with E-state index in [1.54, 1.807) is 6.07 Å². The normalized spacial score (nSPS) is 22.9. The maximum Gasteiger partial charge on any atom is 0.207 e. The lowest BCUT2D eigenvalue weighted by Gasteiger charge is -2.29. The molecule has 2 unspecified atom stereocenters. The molecule has 3 nitrogen and oxygen atoms in total. The quantitative estimate of drug-likeness (QED) is 0.481. The smallest absolute Gasteiger partial charge is 0.207 e. The van der Waals surface area contributed by atoms with E-state index in [9.17, 15) is 13.2 Å². The number of methoxy groups -OCH3 is 1. The van der Waals surface area contributed by atoms with Crippen molar-refractivity contribution < 1.29 is 27.4 Å². The number of allylic oxidation sites excluding steroid dienone is 2. The first kappa shape index (κ1) is 22.5. The molecule has 1 aromatic carbocycles. The Hall–Kier alpha value is -2.21. The van der Waals surface area contributed by atoms with E-state index in [0.29, 0.717) is 41.7 Å². The number of ether oxygens (including phenoxy) is 3. The summed E-state index contributed by atoms with van der Waals surface area (Å²) < 4.78 is 59.8. The van der Waals surface area contributed by atoms with Crippen molar-refractivity contribution in [3.63, 3.8) is 0 Å². The summed E-state index contributed by atoms with van der Waals surface area (Å²) in [5, 5.41) is 0. The van der Waals surface area contributed by atoms with Gasteiger partial charge in [0.2, 0.25) is 11.6 Å². The van der Waals surface area contributed by atoms with Crippen LogP contribution in [-0.2, 0) is 22.3 Å². The third kappa shape index (κ3) is 4.75. The second-order valence-corrected chi connectivity index (χ2v) is 8.03. The minimum atomic E-state index is -1.11. The Kier molecular flexibility index (Phi) is 7.29. The molecule has 0 saturated carbocycles. The van der Waals surface area contributed by atoms with E-state index in [4.69, 9.17) is 14.2 Å². The van der Waals surface area contributed by atoms with Crippen LogP contribution in [-0.4, -0.2) is 19.8 Å².